The van der Waals surface area contributed by atoms with Gasteiger partial charge >= 0.3 is 0 Å². The van der Waals surface area contributed by atoms with Gasteiger partial charge in [-0.3, -0.25) is 0 Å². The molecule has 0 N–H and O–H groups in total. The van der Waals surface area contributed by atoms with Crippen molar-refractivity contribution in [3.05, 3.63) is 0 Å². The minimum absolute atomic E-state index is 0. The number of hydrogen-bond donors (Lipinski definition) is 0. The standard InChI is InChI=1S/C7H12O.U/c1-5-2-3-6-7(4-5)8-6;/h5-7H,2-4H2,1H3;. The molecule has 0 radical (unpaired) electrons. The van der Waals surface area contributed by atoms with Crippen molar-refractivity contribution in [3.63, 3.8) is 0 Å². The topological polar surface area (TPSA) is 12.5 Å². The van der Waals surface area contributed by atoms with Gasteiger partial charge in [-0.1, -0.05) is 6.92 Å². The summed E-state index contributed by atoms with van der Waals surface area (Å²) in [5.41, 5.74) is 0. The van der Waals surface area contributed by atoms with E-state index in [9.17, 15) is 0 Å². The molecule has 50 valence electrons. The first-order valence-electron chi connectivity index (χ1n) is 3.52. The third-order valence-corrected chi connectivity index (χ3v) is 2.27. The van der Waals surface area contributed by atoms with Crippen LogP contribution in [0.2, 0.25) is 0 Å². The van der Waals surface area contributed by atoms with Gasteiger partial charge < -0.3 is 4.74 Å². The second kappa shape index (κ2) is 2.95. The fourth-order valence-electron chi connectivity index (χ4n) is 1.60. The molecule has 1 saturated carbocycles. The molecule has 1 nitrogen and oxygen atoms in total. The minimum atomic E-state index is 0. The van der Waals surface area contributed by atoms with Crippen LogP contribution >= 0.6 is 0 Å². The molecule has 0 aromatic rings. The summed E-state index contributed by atoms with van der Waals surface area (Å²) in [6, 6.07) is 0. The Morgan fingerprint density at radius 3 is 2.56 bits per heavy atom. The molecule has 0 aromatic carbocycles. The van der Waals surface area contributed by atoms with Crippen LogP contribution in [0.25, 0.3) is 0 Å². The van der Waals surface area contributed by atoms with E-state index in [-0.39, 0.29) is 31.1 Å². The quantitative estimate of drug-likeness (QED) is 0.605. The zero-order chi connectivity index (χ0) is 5.56. The van der Waals surface area contributed by atoms with Crippen molar-refractivity contribution in [2.24, 2.45) is 5.92 Å². The van der Waals surface area contributed by atoms with Crippen molar-refractivity contribution < 1.29 is 35.9 Å². The molecular weight excluding hydrogens is 338 g/mol. The molecule has 0 bridgehead atoms. The molecule has 0 aromatic heterocycles. The van der Waals surface area contributed by atoms with Gasteiger partial charge in [0.25, 0.3) is 0 Å². The van der Waals surface area contributed by atoms with Crippen molar-refractivity contribution in [2.45, 2.75) is 38.4 Å². The summed E-state index contributed by atoms with van der Waals surface area (Å²) in [6.07, 6.45) is 5.41. The Hall–Kier alpha value is 1.01. The van der Waals surface area contributed by atoms with Crippen LogP contribution in [0, 0.1) is 37.0 Å². The van der Waals surface area contributed by atoms with E-state index in [0.717, 1.165) is 5.92 Å². The molecule has 1 saturated heterocycles. The summed E-state index contributed by atoms with van der Waals surface area (Å²) in [7, 11) is 0. The summed E-state index contributed by atoms with van der Waals surface area (Å²) < 4.78 is 5.35. The Labute approximate surface area is 79.9 Å². The first-order chi connectivity index (χ1) is 3.86. The molecule has 0 amide bonds. The van der Waals surface area contributed by atoms with Crippen LogP contribution < -0.4 is 0 Å². The third kappa shape index (κ3) is 1.73. The molecule has 3 atom stereocenters. The molecule has 2 aliphatic rings. The van der Waals surface area contributed by atoms with E-state index in [1.165, 1.54) is 19.3 Å². The zero-order valence-electron chi connectivity index (χ0n) is 5.76. The second-order valence-electron chi connectivity index (χ2n) is 3.13. The first kappa shape index (κ1) is 8.11. The summed E-state index contributed by atoms with van der Waals surface area (Å²) in [5, 5.41) is 0. The van der Waals surface area contributed by atoms with E-state index in [4.69, 9.17) is 4.74 Å². The van der Waals surface area contributed by atoms with Crippen molar-refractivity contribution in [2.75, 3.05) is 0 Å². The summed E-state index contributed by atoms with van der Waals surface area (Å²) >= 11 is 0. The van der Waals surface area contributed by atoms with E-state index >= 15 is 0 Å². The van der Waals surface area contributed by atoms with Gasteiger partial charge in [0.15, 0.2) is 0 Å². The van der Waals surface area contributed by atoms with Gasteiger partial charge in [-0.15, -0.1) is 0 Å². The summed E-state index contributed by atoms with van der Waals surface area (Å²) in [5.74, 6) is 0.929. The van der Waals surface area contributed by atoms with Gasteiger partial charge in [0.2, 0.25) is 0 Å². The maximum absolute atomic E-state index is 5.35. The smallest absolute Gasteiger partial charge is 0.0844 e. The number of ether oxygens (including phenoxy) is 1. The SMILES string of the molecule is CC1CCC2OC2C1.[U]. The van der Waals surface area contributed by atoms with E-state index < -0.39 is 0 Å². The predicted octanol–water partition coefficient (Wildman–Crippen LogP) is 1.57. The molecule has 0 spiro atoms. The Balaban J connectivity index is 0.000000405. The van der Waals surface area contributed by atoms with Crippen molar-refractivity contribution in [1.29, 1.82) is 0 Å². The fourth-order valence-corrected chi connectivity index (χ4v) is 1.60. The Morgan fingerprint density at radius 2 is 2.00 bits per heavy atom. The van der Waals surface area contributed by atoms with Crippen LogP contribution in [-0.4, -0.2) is 12.2 Å². The normalized spacial score (nSPS) is 47.0. The average Bonchev–Trinajstić information content (AvgIpc) is 2.43. The van der Waals surface area contributed by atoms with Gasteiger partial charge in [-0.05, 0) is 25.2 Å². The van der Waals surface area contributed by atoms with E-state index in [1.807, 2.05) is 0 Å². The molecule has 2 heteroatoms. The third-order valence-electron chi connectivity index (χ3n) is 2.27. The maximum Gasteiger partial charge on any atom is 0.0844 e. The molecule has 1 aliphatic carbocycles. The largest absolute Gasteiger partial charge is 0.370 e. The Bertz CT molecular complexity index is 105. The van der Waals surface area contributed by atoms with Gasteiger partial charge in [0, 0.05) is 31.1 Å². The molecule has 3 unspecified atom stereocenters. The number of fused-ring (bicyclic) bond motifs is 1. The van der Waals surface area contributed by atoms with Crippen molar-refractivity contribution in [1.82, 2.24) is 0 Å². The van der Waals surface area contributed by atoms with E-state index in [1.54, 1.807) is 0 Å². The molecule has 1 heterocycles. The van der Waals surface area contributed by atoms with Crippen LogP contribution in [-0.2, 0) is 4.74 Å². The van der Waals surface area contributed by atoms with Crippen LogP contribution in [0.1, 0.15) is 26.2 Å². The molecular formula is C7H12OU. The minimum Gasteiger partial charge on any atom is -0.370 e. The van der Waals surface area contributed by atoms with E-state index in [2.05, 4.69) is 6.92 Å². The molecule has 1 aliphatic heterocycles. The second-order valence-corrected chi connectivity index (χ2v) is 3.13. The summed E-state index contributed by atoms with van der Waals surface area (Å²) in [6.45, 7) is 2.32. The number of rotatable bonds is 0. The van der Waals surface area contributed by atoms with Gasteiger partial charge in [0.05, 0.1) is 12.2 Å². The number of hydrogen-bond acceptors (Lipinski definition) is 1. The first-order valence-corrected chi connectivity index (χ1v) is 3.52. The van der Waals surface area contributed by atoms with Crippen molar-refractivity contribution in [3.8, 4) is 0 Å². The van der Waals surface area contributed by atoms with E-state index in [0.29, 0.717) is 12.2 Å². The molecule has 2 fully saturated rings. The monoisotopic (exact) mass is 350 g/mol. The van der Waals surface area contributed by atoms with Crippen LogP contribution in [0.15, 0.2) is 0 Å². The number of epoxide rings is 1. The van der Waals surface area contributed by atoms with Crippen LogP contribution in [0.5, 0.6) is 0 Å². The van der Waals surface area contributed by atoms with Crippen molar-refractivity contribution >= 4 is 0 Å². The molecule has 9 heavy (non-hydrogen) atoms. The Morgan fingerprint density at radius 1 is 1.22 bits per heavy atom. The average molecular weight is 350 g/mol. The summed E-state index contributed by atoms with van der Waals surface area (Å²) in [4.78, 5) is 0. The van der Waals surface area contributed by atoms with Crippen LogP contribution in [0.3, 0.4) is 0 Å². The van der Waals surface area contributed by atoms with Gasteiger partial charge in [-0.25, -0.2) is 0 Å². The Kier molecular flexibility index (Phi) is 2.66. The maximum atomic E-state index is 5.35. The van der Waals surface area contributed by atoms with Gasteiger partial charge in [-0.2, -0.15) is 0 Å². The van der Waals surface area contributed by atoms with Gasteiger partial charge in [0.1, 0.15) is 0 Å². The zero-order valence-corrected chi connectivity index (χ0v) is 9.93. The molecule has 2 rings (SSSR count). The van der Waals surface area contributed by atoms with Crippen LogP contribution in [0.4, 0.5) is 0 Å². The fraction of sp³-hybridized carbons (Fsp3) is 1.00. The predicted molar refractivity (Wildman–Crippen MR) is 31.7 cm³/mol.